The quantitative estimate of drug-likeness (QED) is 0.772. The van der Waals surface area contributed by atoms with Crippen LogP contribution in [0.25, 0.3) is 0 Å². The van der Waals surface area contributed by atoms with E-state index in [0.29, 0.717) is 5.92 Å². The first-order chi connectivity index (χ1) is 10.9. The zero-order valence-corrected chi connectivity index (χ0v) is 15.5. The number of thiocarbonyl (C=S) groups is 1. The lowest BCUT2D eigenvalue weighted by Gasteiger charge is -2.22. The van der Waals surface area contributed by atoms with E-state index in [2.05, 4.69) is 80.4 Å². The number of nitrogens with zero attached hydrogens (tertiary/aromatic N) is 1. The van der Waals surface area contributed by atoms with Crippen molar-refractivity contribution in [2.45, 2.75) is 40.2 Å². The molecule has 0 heterocycles. The molecule has 0 saturated heterocycles. The van der Waals surface area contributed by atoms with Crippen molar-refractivity contribution in [3.63, 3.8) is 0 Å². The van der Waals surface area contributed by atoms with Gasteiger partial charge in [-0.1, -0.05) is 50.2 Å². The van der Waals surface area contributed by atoms with Crippen LogP contribution in [0.15, 0.2) is 42.5 Å². The van der Waals surface area contributed by atoms with E-state index < -0.39 is 0 Å². The van der Waals surface area contributed by atoms with Gasteiger partial charge in [0.1, 0.15) is 0 Å². The molecule has 2 nitrogen and oxygen atoms in total. The summed E-state index contributed by atoms with van der Waals surface area (Å²) >= 11 is 5.54. The topological polar surface area (TPSA) is 15.3 Å². The summed E-state index contributed by atoms with van der Waals surface area (Å²) in [5, 5.41) is 4.10. The van der Waals surface area contributed by atoms with Crippen LogP contribution in [-0.4, -0.2) is 17.1 Å². The Hall–Kier alpha value is -1.87. The minimum atomic E-state index is 0.564. The van der Waals surface area contributed by atoms with Crippen LogP contribution < -0.4 is 5.32 Å². The molecule has 0 aliphatic rings. The third-order valence-corrected chi connectivity index (χ3v) is 4.67. The van der Waals surface area contributed by atoms with Crippen LogP contribution in [0.4, 0.5) is 5.69 Å². The fourth-order valence-corrected chi connectivity index (χ4v) is 2.63. The molecule has 0 atom stereocenters. The van der Waals surface area contributed by atoms with Crippen LogP contribution in [0.1, 0.15) is 42.0 Å². The van der Waals surface area contributed by atoms with Gasteiger partial charge in [-0.2, -0.15) is 0 Å². The first kappa shape index (κ1) is 17.5. The molecule has 0 spiro atoms. The molecule has 0 bridgehead atoms. The minimum absolute atomic E-state index is 0.564. The van der Waals surface area contributed by atoms with Gasteiger partial charge in [-0.3, -0.25) is 0 Å². The van der Waals surface area contributed by atoms with Gasteiger partial charge < -0.3 is 10.2 Å². The molecule has 0 unspecified atom stereocenters. The molecule has 0 aromatic heterocycles. The van der Waals surface area contributed by atoms with E-state index in [-0.39, 0.29) is 0 Å². The molecule has 0 radical (unpaired) electrons. The first-order valence-electron chi connectivity index (χ1n) is 8.05. The molecular formula is C20H26N2S. The predicted molar refractivity (Wildman–Crippen MR) is 104 cm³/mol. The van der Waals surface area contributed by atoms with Crippen molar-refractivity contribution in [2.24, 2.45) is 0 Å². The fourth-order valence-electron chi connectivity index (χ4n) is 2.45. The minimum Gasteiger partial charge on any atom is -0.348 e. The largest absolute Gasteiger partial charge is 0.348 e. The Morgan fingerprint density at radius 3 is 2.35 bits per heavy atom. The number of benzene rings is 2. The summed E-state index contributed by atoms with van der Waals surface area (Å²) in [5.41, 5.74) is 6.22. The Morgan fingerprint density at radius 1 is 1.09 bits per heavy atom. The molecule has 122 valence electrons. The van der Waals surface area contributed by atoms with Gasteiger partial charge in [-0.15, -0.1) is 0 Å². The molecule has 3 heteroatoms. The highest BCUT2D eigenvalue weighted by molar-refractivity contribution is 7.80. The molecule has 0 aliphatic heterocycles. The third-order valence-electron chi connectivity index (χ3n) is 4.26. The standard InChI is InChI=1S/C20H26N2S/c1-14(2)18-11-9-17(10-12-18)13-22(5)20(23)21-19-8-6-7-15(3)16(19)4/h6-12,14H,13H2,1-5H3,(H,21,23). The zero-order chi connectivity index (χ0) is 17.0. The van der Waals surface area contributed by atoms with Gasteiger partial charge >= 0.3 is 0 Å². The Labute approximate surface area is 145 Å². The molecule has 2 rings (SSSR count). The summed E-state index contributed by atoms with van der Waals surface area (Å²) in [6.45, 7) is 9.46. The smallest absolute Gasteiger partial charge is 0.173 e. The van der Waals surface area contributed by atoms with Gasteiger partial charge in [0.05, 0.1) is 0 Å². The number of aryl methyl sites for hydroxylation is 1. The summed E-state index contributed by atoms with van der Waals surface area (Å²) in [7, 11) is 2.02. The summed E-state index contributed by atoms with van der Waals surface area (Å²) in [5.74, 6) is 0.564. The van der Waals surface area contributed by atoms with E-state index >= 15 is 0 Å². The van der Waals surface area contributed by atoms with Crippen molar-refractivity contribution >= 4 is 23.0 Å². The van der Waals surface area contributed by atoms with Crippen molar-refractivity contribution < 1.29 is 0 Å². The molecule has 0 saturated carbocycles. The Bertz CT molecular complexity index is 675. The van der Waals surface area contributed by atoms with Crippen LogP contribution in [0.3, 0.4) is 0 Å². The Morgan fingerprint density at radius 2 is 1.74 bits per heavy atom. The van der Waals surface area contributed by atoms with Crippen molar-refractivity contribution in [3.8, 4) is 0 Å². The second-order valence-electron chi connectivity index (χ2n) is 6.43. The lowest BCUT2D eigenvalue weighted by Crippen LogP contribution is -2.30. The van der Waals surface area contributed by atoms with E-state index in [1.807, 2.05) is 7.05 Å². The predicted octanol–water partition coefficient (Wildman–Crippen LogP) is 5.26. The van der Waals surface area contributed by atoms with Gasteiger partial charge in [0.15, 0.2) is 5.11 Å². The van der Waals surface area contributed by atoms with Crippen molar-refractivity contribution in [2.75, 3.05) is 12.4 Å². The van der Waals surface area contributed by atoms with Crippen LogP contribution in [0.5, 0.6) is 0 Å². The number of nitrogens with one attached hydrogen (secondary N) is 1. The van der Waals surface area contributed by atoms with E-state index in [1.165, 1.54) is 22.3 Å². The van der Waals surface area contributed by atoms with Gasteiger partial charge in [0, 0.05) is 19.3 Å². The van der Waals surface area contributed by atoms with Crippen LogP contribution >= 0.6 is 12.2 Å². The lowest BCUT2D eigenvalue weighted by atomic mass is 10.0. The summed E-state index contributed by atoms with van der Waals surface area (Å²) in [6, 6.07) is 15.0. The van der Waals surface area contributed by atoms with Gasteiger partial charge in [0.2, 0.25) is 0 Å². The monoisotopic (exact) mass is 326 g/mol. The average Bonchev–Trinajstić information content (AvgIpc) is 2.52. The first-order valence-corrected chi connectivity index (χ1v) is 8.46. The Kier molecular flexibility index (Phi) is 5.78. The molecule has 1 N–H and O–H groups in total. The number of hydrogen-bond donors (Lipinski definition) is 1. The van der Waals surface area contributed by atoms with Gasteiger partial charge in [-0.05, 0) is 60.3 Å². The van der Waals surface area contributed by atoms with E-state index in [1.54, 1.807) is 0 Å². The van der Waals surface area contributed by atoms with E-state index in [0.717, 1.165) is 17.3 Å². The molecule has 0 amide bonds. The SMILES string of the molecule is Cc1cccc(NC(=S)N(C)Cc2ccc(C(C)C)cc2)c1C. The number of rotatable bonds is 4. The third kappa shape index (κ3) is 4.55. The summed E-state index contributed by atoms with van der Waals surface area (Å²) in [6.07, 6.45) is 0. The van der Waals surface area contributed by atoms with Crippen molar-refractivity contribution in [3.05, 3.63) is 64.7 Å². The average molecular weight is 327 g/mol. The fraction of sp³-hybridized carbons (Fsp3) is 0.350. The second-order valence-corrected chi connectivity index (χ2v) is 6.82. The summed E-state index contributed by atoms with van der Waals surface area (Å²) < 4.78 is 0. The normalized spacial score (nSPS) is 10.7. The lowest BCUT2D eigenvalue weighted by molar-refractivity contribution is 0.508. The highest BCUT2D eigenvalue weighted by Gasteiger charge is 2.08. The van der Waals surface area contributed by atoms with E-state index in [4.69, 9.17) is 12.2 Å². The molecule has 0 fully saturated rings. The molecule has 2 aromatic rings. The zero-order valence-electron chi connectivity index (χ0n) is 14.7. The van der Waals surface area contributed by atoms with Gasteiger partial charge in [-0.25, -0.2) is 0 Å². The van der Waals surface area contributed by atoms with Crippen molar-refractivity contribution in [1.82, 2.24) is 4.90 Å². The summed E-state index contributed by atoms with van der Waals surface area (Å²) in [4.78, 5) is 2.07. The maximum absolute atomic E-state index is 5.54. The Balaban J connectivity index is 2.01. The highest BCUT2D eigenvalue weighted by Crippen LogP contribution is 2.19. The number of hydrogen-bond acceptors (Lipinski definition) is 1. The molecule has 23 heavy (non-hydrogen) atoms. The second kappa shape index (κ2) is 7.60. The molecule has 2 aromatic carbocycles. The van der Waals surface area contributed by atoms with E-state index in [9.17, 15) is 0 Å². The van der Waals surface area contributed by atoms with Crippen LogP contribution in [0.2, 0.25) is 0 Å². The maximum Gasteiger partial charge on any atom is 0.173 e. The highest BCUT2D eigenvalue weighted by atomic mass is 32.1. The number of anilines is 1. The van der Waals surface area contributed by atoms with Crippen LogP contribution in [0, 0.1) is 13.8 Å². The van der Waals surface area contributed by atoms with Crippen LogP contribution in [-0.2, 0) is 6.54 Å². The maximum atomic E-state index is 5.54. The van der Waals surface area contributed by atoms with Gasteiger partial charge in [0.25, 0.3) is 0 Å². The molecule has 0 aliphatic carbocycles. The van der Waals surface area contributed by atoms with Crippen molar-refractivity contribution in [1.29, 1.82) is 0 Å². The molecular weight excluding hydrogens is 300 g/mol.